The molecule has 0 unspecified atom stereocenters. The molecule has 0 spiro atoms. The van der Waals surface area contributed by atoms with Crippen LogP contribution in [0, 0.1) is 11.6 Å². The van der Waals surface area contributed by atoms with Crippen LogP contribution < -0.4 is 20.7 Å². The smallest absolute Gasteiger partial charge is 0.319 e. The third-order valence-electron chi connectivity index (χ3n) is 6.27. The lowest BCUT2D eigenvalue weighted by Gasteiger charge is -2.32. The monoisotopic (exact) mass is 528 g/mol. The molecule has 4 rings (SSSR count). The van der Waals surface area contributed by atoms with Gasteiger partial charge in [0.05, 0.1) is 6.04 Å². The van der Waals surface area contributed by atoms with Gasteiger partial charge in [-0.3, -0.25) is 4.79 Å². The molecule has 1 heterocycles. The van der Waals surface area contributed by atoms with Crippen molar-refractivity contribution >= 4 is 29.0 Å². The molecular weight excluding hydrogens is 498 g/mol. The molecule has 2 atom stereocenters. The Labute approximate surface area is 218 Å². The fraction of sp³-hybridized carbons (Fsp3) is 0.370. The molecule has 0 aliphatic heterocycles. The zero-order valence-corrected chi connectivity index (χ0v) is 21.5. The number of nitrogens with zero attached hydrogens (tertiary/aromatic N) is 1. The number of aromatic nitrogens is 1. The molecule has 3 amide bonds. The van der Waals surface area contributed by atoms with E-state index in [0.29, 0.717) is 29.5 Å². The second-order valence-corrected chi connectivity index (χ2v) is 10.3. The van der Waals surface area contributed by atoms with Crippen LogP contribution in [0.15, 0.2) is 47.8 Å². The van der Waals surface area contributed by atoms with Gasteiger partial charge in [0.15, 0.2) is 11.6 Å². The molecule has 3 aromatic rings. The predicted octanol–water partition coefficient (Wildman–Crippen LogP) is 5.99. The Morgan fingerprint density at radius 2 is 1.73 bits per heavy atom. The standard InChI is InChI=1S/C27H30F2N4O3S/c1-16(2)17-7-10-19(11-8-17)36-14-25-31-24(15-37-25)26(34)32-22-5-3-4-6-23(22)33-27(35)30-18-9-12-20(28)21(29)13-18/h7-13,15-16,22-23H,3-6,14H2,1-2H3,(H,32,34)(H2,30,33,35)/t22-,23-/m0/s1. The van der Waals surface area contributed by atoms with E-state index in [2.05, 4.69) is 34.8 Å². The van der Waals surface area contributed by atoms with Crippen molar-refractivity contribution in [3.63, 3.8) is 0 Å². The van der Waals surface area contributed by atoms with Gasteiger partial charge in [0.2, 0.25) is 0 Å². The van der Waals surface area contributed by atoms with Crippen molar-refractivity contribution in [3.05, 3.63) is 75.7 Å². The van der Waals surface area contributed by atoms with Crippen LogP contribution in [-0.4, -0.2) is 29.0 Å². The van der Waals surface area contributed by atoms with Gasteiger partial charge in [-0.25, -0.2) is 18.6 Å². The van der Waals surface area contributed by atoms with Crippen LogP contribution in [0.3, 0.4) is 0 Å². The van der Waals surface area contributed by atoms with E-state index in [1.54, 1.807) is 5.38 Å². The van der Waals surface area contributed by atoms with Gasteiger partial charge in [0.1, 0.15) is 23.1 Å². The summed E-state index contributed by atoms with van der Waals surface area (Å²) in [6, 6.07) is 9.93. The van der Waals surface area contributed by atoms with Gasteiger partial charge in [-0.15, -0.1) is 11.3 Å². The first kappa shape index (κ1) is 26.5. The summed E-state index contributed by atoms with van der Waals surface area (Å²) < 4.78 is 32.4. The first-order valence-electron chi connectivity index (χ1n) is 12.3. The highest BCUT2D eigenvalue weighted by molar-refractivity contribution is 7.09. The number of carbonyl (C=O) groups excluding carboxylic acids is 2. The van der Waals surface area contributed by atoms with Gasteiger partial charge >= 0.3 is 6.03 Å². The fourth-order valence-corrected chi connectivity index (χ4v) is 4.89. The number of rotatable bonds is 8. The van der Waals surface area contributed by atoms with Crippen molar-refractivity contribution in [2.24, 2.45) is 0 Å². The summed E-state index contributed by atoms with van der Waals surface area (Å²) in [4.78, 5) is 29.7. The Balaban J connectivity index is 1.30. The van der Waals surface area contributed by atoms with Crippen LogP contribution >= 0.6 is 11.3 Å². The average molecular weight is 529 g/mol. The molecule has 10 heteroatoms. The Bertz CT molecular complexity index is 1230. The quantitative estimate of drug-likeness (QED) is 0.335. The molecule has 0 saturated heterocycles. The van der Waals surface area contributed by atoms with Crippen LogP contribution in [-0.2, 0) is 6.61 Å². The normalized spacial score (nSPS) is 17.3. The van der Waals surface area contributed by atoms with Crippen molar-refractivity contribution in [1.82, 2.24) is 15.6 Å². The molecule has 37 heavy (non-hydrogen) atoms. The Kier molecular flexibility index (Phi) is 8.70. The highest BCUT2D eigenvalue weighted by Crippen LogP contribution is 2.22. The number of ether oxygens (including phenoxy) is 1. The number of nitrogens with one attached hydrogen (secondary N) is 3. The number of amides is 3. The minimum atomic E-state index is -1.04. The summed E-state index contributed by atoms with van der Waals surface area (Å²) in [5.41, 5.74) is 1.67. The average Bonchev–Trinajstić information content (AvgIpc) is 3.36. The number of carbonyl (C=O) groups is 2. The molecule has 1 fully saturated rings. The lowest BCUT2D eigenvalue weighted by atomic mass is 9.90. The summed E-state index contributed by atoms with van der Waals surface area (Å²) in [5.74, 6) is -1.16. The number of anilines is 1. The first-order chi connectivity index (χ1) is 17.8. The molecular formula is C27H30F2N4O3S. The van der Waals surface area contributed by atoms with Crippen molar-refractivity contribution < 1.29 is 23.1 Å². The molecule has 0 bridgehead atoms. The molecule has 1 aliphatic carbocycles. The third kappa shape index (κ3) is 7.25. The molecule has 7 nitrogen and oxygen atoms in total. The predicted molar refractivity (Wildman–Crippen MR) is 139 cm³/mol. The van der Waals surface area contributed by atoms with E-state index in [1.807, 2.05) is 24.3 Å². The van der Waals surface area contributed by atoms with Crippen LogP contribution in [0.4, 0.5) is 19.3 Å². The number of urea groups is 1. The van der Waals surface area contributed by atoms with E-state index in [4.69, 9.17) is 4.74 Å². The van der Waals surface area contributed by atoms with Gasteiger partial charge in [-0.05, 0) is 48.6 Å². The lowest BCUT2D eigenvalue weighted by Crippen LogP contribution is -2.54. The Hall–Kier alpha value is -3.53. The van der Waals surface area contributed by atoms with Crippen LogP contribution in [0.25, 0.3) is 0 Å². The van der Waals surface area contributed by atoms with Crippen LogP contribution in [0.2, 0.25) is 0 Å². The van der Waals surface area contributed by atoms with E-state index in [0.717, 1.165) is 30.7 Å². The maximum absolute atomic E-state index is 13.4. The van der Waals surface area contributed by atoms with Crippen molar-refractivity contribution in [2.45, 2.75) is 64.1 Å². The number of hydrogen-bond donors (Lipinski definition) is 3. The zero-order chi connectivity index (χ0) is 26.4. The molecule has 196 valence electrons. The summed E-state index contributed by atoms with van der Waals surface area (Å²) in [5, 5.41) is 10.7. The summed E-state index contributed by atoms with van der Waals surface area (Å²) in [6.45, 7) is 4.53. The van der Waals surface area contributed by atoms with Crippen molar-refractivity contribution in [3.8, 4) is 5.75 Å². The van der Waals surface area contributed by atoms with Crippen molar-refractivity contribution in [1.29, 1.82) is 0 Å². The molecule has 1 saturated carbocycles. The van der Waals surface area contributed by atoms with Gasteiger partial charge in [-0.2, -0.15) is 0 Å². The highest BCUT2D eigenvalue weighted by Gasteiger charge is 2.29. The first-order valence-corrected chi connectivity index (χ1v) is 13.2. The second kappa shape index (κ2) is 12.1. The minimum Gasteiger partial charge on any atom is -0.486 e. The van der Waals surface area contributed by atoms with Crippen LogP contribution in [0.1, 0.15) is 66.5 Å². The lowest BCUT2D eigenvalue weighted by molar-refractivity contribution is 0.0911. The molecule has 2 aromatic carbocycles. The summed E-state index contributed by atoms with van der Waals surface area (Å²) >= 11 is 1.35. The molecule has 1 aliphatic rings. The number of halogens is 2. The van der Waals surface area contributed by atoms with E-state index >= 15 is 0 Å². The van der Waals surface area contributed by atoms with Gasteiger partial charge in [0.25, 0.3) is 5.91 Å². The summed E-state index contributed by atoms with van der Waals surface area (Å²) in [6.07, 6.45) is 3.20. The van der Waals surface area contributed by atoms with Crippen molar-refractivity contribution in [2.75, 3.05) is 5.32 Å². The van der Waals surface area contributed by atoms with Gasteiger partial charge in [0, 0.05) is 23.2 Å². The highest BCUT2D eigenvalue weighted by atomic mass is 32.1. The maximum Gasteiger partial charge on any atom is 0.319 e. The van der Waals surface area contributed by atoms with E-state index in [-0.39, 0.29) is 30.3 Å². The topological polar surface area (TPSA) is 92.3 Å². The molecule has 3 N–H and O–H groups in total. The van der Waals surface area contributed by atoms with Gasteiger partial charge < -0.3 is 20.7 Å². The number of hydrogen-bond acceptors (Lipinski definition) is 5. The number of thiazole rings is 1. The van der Waals surface area contributed by atoms with Gasteiger partial charge in [-0.1, -0.05) is 38.8 Å². The Morgan fingerprint density at radius 3 is 2.41 bits per heavy atom. The second-order valence-electron chi connectivity index (χ2n) is 9.34. The Morgan fingerprint density at radius 1 is 1.03 bits per heavy atom. The maximum atomic E-state index is 13.4. The SMILES string of the molecule is CC(C)c1ccc(OCc2nc(C(=O)N[C@H]3CCCC[C@@H]3NC(=O)Nc3ccc(F)c(F)c3)cs2)cc1. The van der Waals surface area contributed by atoms with E-state index in [1.165, 1.54) is 23.0 Å². The van der Waals surface area contributed by atoms with E-state index in [9.17, 15) is 18.4 Å². The number of benzene rings is 2. The molecule has 1 aromatic heterocycles. The third-order valence-corrected chi connectivity index (χ3v) is 7.09. The summed E-state index contributed by atoms with van der Waals surface area (Å²) in [7, 11) is 0. The largest absolute Gasteiger partial charge is 0.486 e. The van der Waals surface area contributed by atoms with Crippen LogP contribution in [0.5, 0.6) is 5.75 Å². The van der Waals surface area contributed by atoms with E-state index < -0.39 is 17.7 Å². The minimum absolute atomic E-state index is 0.140. The fourth-order valence-electron chi connectivity index (χ4n) is 4.20. The zero-order valence-electron chi connectivity index (χ0n) is 20.7. The molecule has 0 radical (unpaired) electrons.